The van der Waals surface area contributed by atoms with Gasteiger partial charge in [-0.2, -0.15) is 0 Å². The van der Waals surface area contributed by atoms with Gasteiger partial charge in [-0.1, -0.05) is 69.9 Å². The first-order chi connectivity index (χ1) is 20.3. The average molecular weight is 601 g/mol. The van der Waals surface area contributed by atoms with Crippen LogP contribution in [-0.2, 0) is 0 Å². The van der Waals surface area contributed by atoms with Gasteiger partial charge in [0.25, 0.3) is 0 Å². The van der Waals surface area contributed by atoms with Crippen molar-refractivity contribution in [2.45, 2.75) is 25.9 Å². The summed E-state index contributed by atoms with van der Waals surface area (Å²) in [6, 6.07) is 24.0. The van der Waals surface area contributed by atoms with E-state index in [2.05, 4.69) is 20.9 Å². The molecule has 212 valence electrons. The van der Waals surface area contributed by atoms with Crippen LogP contribution >= 0.6 is 23.2 Å². The van der Waals surface area contributed by atoms with Crippen LogP contribution in [0.5, 0.6) is 11.5 Å². The molecule has 2 aromatic heterocycles. The Morgan fingerprint density at radius 2 is 0.976 bits per heavy atom. The molecule has 4 aromatic carbocycles. The van der Waals surface area contributed by atoms with Gasteiger partial charge in [-0.3, -0.25) is 0 Å². The SMILES string of the molecule is Cc1cc(N[C@@H](c2ccc(Cl)cc2)c2c(O)ccc3c([C@@H](Nc4cc(C)on4)c4ccc(Cl)cc4)c(O)ccc23)no1. The lowest BCUT2D eigenvalue weighted by Crippen LogP contribution is -2.15. The molecule has 0 amide bonds. The number of nitrogens with zero attached hydrogens (tertiary/aromatic N) is 2. The number of aryl methyl sites for hydroxylation is 2. The first-order valence-corrected chi connectivity index (χ1v) is 13.9. The van der Waals surface area contributed by atoms with Crippen LogP contribution in [0.1, 0.15) is 45.9 Å². The number of hydrogen-bond acceptors (Lipinski definition) is 8. The van der Waals surface area contributed by atoms with E-state index in [1.54, 1.807) is 74.5 Å². The number of phenols is 2. The summed E-state index contributed by atoms with van der Waals surface area (Å²) in [4.78, 5) is 0. The summed E-state index contributed by atoms with van der Waals surface area (Å²) in [5.41, 5.74) is 2.85. The molecule has 8 nitrogen and oxygen atoms in total. The summed E-state index contributed by atoms with van der Waals surface area (Å²) >= 11 is 12.4. The number of aromatic nitrogens is 2. The van der Waals surface area contributed by atoms with Crippen LogP contribution in [0, 0.1) is 13.8 Å². The van der Waals surface area contributed by atoms with E-state index in [1.165, 1.54) is 0 Å². The number of nitrogens with one attached hydrogen (secondary N) is 2. The quantitative estimate of drug-likeness (QED) is 0.137. The van der Waals surface area contributed by atoms with Crippen molar-refractivity contribution in [3.05, 3.63) is 129 Å². The second-order valence-corrected chi connectivity index (χ2v) is 10.9. The minimum Gasteiger partial charge on any atom is -0.508 e. The normalized spacial score (nSPS) is 12.8. The van der Waals surface area contributed by atoms with Crippen LogP contribution in [0.4, 0.5) is 11.6 Å². The van der Waals surface area contributed by atoms with Crippen molar-refractivity contribution in [1.29, 1.82) is 0 Å². The first kappa shape index (κ1) is 27.5. The summed E-state index contributed by atoms with van der Waals surface area (Å²) < 4.78 is 10.6. The van der Waals surface area contributed by atoms with Crippen LogP contribution in [0.25, 0.3) is 10.8 Å². The number of aromatic hydroxyl groups is 2. The standard InChI is InChI=1S/C32H26Cl2N4O4/c1-17-15-27(37-41-17)35-31(19-3-7-21(33)8-4-19)29-23-11-14-26(40)30(24(23)12-13-25(29)39)32(20-5-9-22(34)10-6-20)36-28-16-18(2)42-38-28/h3-16,31-32,39-40H,1-2H3,(H,35,37)(H,36,38)/t31-,32-/m0/s1. The van der Waals surface area contributed by atoms with Gasteiger partial charge in [0.05, 0.1) is 12.1 Å². The summed E-state index contributed by atoms with van der Waals surface area (Å²) in [6.07, 6.45) is 0. The zero-order valence-corrected chi connectivity index (χ0v) is 24.1. The van der Waals surface area contributed by atoms with Crippen LogP contribution in [0.2, 0.25) is 10.0 Å². The Bertz CT molecular complexity index is 1730. The molecule has 0 fully saturated rings. The number of phenolic OH excluding ortho intramolecular Hbond substituents is 2. The molecule has 0 aliphatic carbocycles. The van der Waals surface area contributed by atoms with Crippen LogP contribution in [0.3, 0.4) is 0 Å². The topological polar surface area (TPSA) is 117 Å². The Balaban J connectivity index is 1.56. The summed E-state index contributed by atoms with van der Waals surface area (Å²) in [5, 5.41) is 40.3. The molecule has 2 heterocycles. The van der Waals surface area contributed by atoms with E-state index in [9.17, 15) is 10.2 Å². The molecule has 0 saturated heterocycles. The highest BCUT2D eigenvalue weighted by Crippen LogP contribution is 2.44. The maximum Gasteiger partial charge on any atom is 0.170 e. The lowest BCUT2D eigenvalue weighted by atomic mass is 9.87. The Kier molecular flexibility index (Phi) is 7.41. The van der Waals surface area contributed by atoms with Gasteiger partial charge in [-0.05, 0) is 72.1 Å². The fourth-order valence-electron chi connectivity index (χ4n) is 5.16. The van der Waals surface area contributed by atoms with Gasteiger partial charge < -0.3 is 29.9 Å². The first-order valence-electron chi connectivity index (χ1n) is 13.1. The number of rotatable bonds is 8. The highest BCUT2D eigenvalue weighted by atomic mass is 35.5. The van der Waals surface area contributed by atoms with E-state index in [4.69, 9.17) is 32.2 Å². The lowest BCUT2D eigenvalue weighted by Gasteiger charge is -2.26. The van der Waals surface area contributed by atoms with Crippen LogP contribution in [-0.4, -0.2) is 20.5 Å². The fraction of sp³-hybridized carbons (Fsp3) is 0.125. The van der Waals surface area contributed by atoms with Crippen molar-refractivity contribution in [1.82, 2.24) is 10.3 Å². The second kappa shape index (κ2) is 11.3. The van der Waals surface area contributed by atoms with Crippen molar-refractivity contribution in [3.63, 3.8) is 0 Å². The molecule has 42 heavy (non-hydrogen) atoms. The van der Waals surface area contributed by atoms with Gasteiger partial charge in [-0.15, -0.1) is 0 Å². The Morgan fingerprint density at radius 1 is 0.595 bits per heavy atom. The van der Waals surface area contributed by atoms with Gasteiger partial charge in [0.15, 0.2) is 11.6 Å². The molecule has 4 N–H and O–H groups in total. The highest BCUT2D eigenvalue weighted by Gasteiger charge is 2.27. The summed E-state index contributed by atoms with van der Waals surface area (Å²) in [5.74, 6) is 2.42. The zero-order valence-electron chi connectivity index (χ0n) is 22.6. The minimum absolute atomic E-state index is 0.0648. The van der Waals surface area contributed by atoms with Gasteiger partial charge >= 0.3 is 0 Å². The number of fused-ring (bicyclic) bond motifs is 1. The van der Waals surface area contributed by atoms with Gasteiger partial charge in [0, 0.05) is 33.3 Å². The third-order valence-electron chi connectivity index (χ3n) is 7.06. The van der Waals surface area contributed by atoms with Gasteiger partial charge in [-0.25, -0.2) is 0 Å². The summed E-state index contributed by atoms with van der Waals surface area (Å²) in [6.45, 7) is 3.61. The Hall–Kier alpha value is -4.66. The van der Waals surface area contributed by atoms with Crippen molar-refractivity contribution in [3.8, 4) is 11.5 Å². The van der Waals surface area contributed by atoms with E-state index in [0.29, 0.717) is 55.1 Å². The third kappa shape index (κ3) is 5.46. The molecule has 0 radical (unpaired) electrons. The molecule has 6 aromatic rings. The molecule has 0 aliphatic rings. The largest absolute Gasteiger partial charge is 0.508 e. The molecular formula is C32H26Cl2N4O4. The van der Waals surface area contributed by atoms with E-state index in [1.807, 2.05) is 24.3 Å². The molecule has 0 saturated carbocycles. The second-order valence-electron chi connectivity index (χ2n) is 10.00. The molecule has 6 rings (SSSR count). The van der Waals surface area contributed by atoms with Crippen LogP contribution < -0.4 is 10.6 Å². The lowest BCUT2D eigenvalue weighted by molar-refractivity contribution is 0.399. The zero-order chi connectivity index (χ0) is 29.4. The molecule has 0 unspecified atom stereocenters. The fourth-order valence-corrected chi connectivity index (χ4v) is 5.41. The molecule has 0 aliphatic heterocycles. The maximum atomic E-state index is 11.3. The molecule has 2 atom stereocenters. The smallest absolute Gasteiger partial charge is 0.170 e. The number of benzene rings is 4. The minimum atomic E-state index is -0.548. The molecule has 0 bridgehead atoms. The third-order valence-corrected chi connectivity index (χ3v) is 7.57. The number of hydrogen-bond donors (Lipinski definition) is 4. The van der Waals surface area contributed by atoms with E-state index in [0.717, 1.165) is 11.1 Å². The summed E-state index contributed by atoms with van der Waals surface area (Å²) in [7, 11) is 0. The monoisotopic (exact) mass is 600 g/mol. The van der Waals surface area contributed by atoms with E-state index < -0.39 is 12.1 Å². The molecular weight excluding hydrogens is 575 g/mol. The predicted octanol–water partition coefficient (Wildman–Crippen LogP) is 8.55. The van der Waals surface area contributed by atoms with E-state index >= 15 is 0 Å². The van der Waals surface area contributed by atoms with Gasteiger partial charge in [0.2, 0.25) is 0 Å². The van der Waals surface area contributed by atoms with E-state index in [-0.39, 0.29) is 11.5 Å². The molecule has 10 heteroatoms. The molecule has 0 spiro atoms. The van der Waals surface area contributed by atoms with Gasteiger partial charge in [0.1, 0.15) is 23.0 Å². The highest BCUT2D eigenvalue weighted by molar-refractivity contribution is 6.30. The van der Waals surface area contributed by atoms with Crippen molar-refractivity contribution >= 4 is 45.6 Å². The average Bonchev–Trinajstić information content (AvgIpc) is 3.59. The van der Waals surface area contributed by atoms with Crippen molar-refractivity contribution in [2.24, 2.45) is 0 Å². The van der Waals surface area contributed by atoms with Crippen molar-refractivity contribution < 1.29 is 19.3 Å². The Morgan fingerprint density at radius 3 is 1.31 bits per heavy atom. The van der Waals surface area contributed by atoms with Crippen LogP contribution in [0.15, 0.2) is 94.0 Å². The number of anilines is 2. The predicted molar refractivity (Wildman–Crippen MR) is 164 cm³/mol. The van der Waals surface area contributed by atoms with Crippen molar-refractivity contribution in [2.75, 3.05) is 10.6 Å². The number of halogens is 2. The maximum absolute atomic E-state index is 11.3. The Labute approximate surface area is 251 Å².